The summed E-state index contributed by atoms with van der Waals surface area (Å²) >= 11 is 0. The van der Waals surface area contributed by atoms with Crippen molar-refractivity contribution in [1.82, 2.24) is 5.32 Å². The van der Waals surface area contributed by atoms with Crippen LogP contribution in [-0.4, -0.2) is 28.1 Å². The van der Waals surface area contributed by atoms with Crippen LogP contribution in [0.15, 0.2) is 80.6 Å². The molecule has 0 aliphatic heterocycles. The third-order valence-corrected chi connectivity index (χ3v) is 6.48. The Balaban J connectivity index is 1.45. The van der Waals surface area contributed by atoms with Gasteiger partial charge in [0.15, 0.2) is 0 Å². The number of furan rings is 1. The number of carbonyl (C=O) groups is 2. The lowest BCUT2D eigenvalue weighted by molar-refractivity contribution is -0.141. The number of aliphatic carboxylic acids is 1. The van der Waals surface area contributed by atoms with Crippen LogP contribution < -0.4 is 10.9 Å². The summed E-state index contributed by atoms with van der Waals surface area (Å²) in [5, 5.41) is 22.8. The van der Waals surface area contributed by atoms with Crippen molar-refractivity contribution < 1.29 is 33.0 Å². The molecule has 0 saturated carbocycles. The fraction of sp³-hybridized carbons (Fsp3) is 0.138. The number of phenolic OH excluding ortho intramolecular Hbond substituents is 1. The fourth-order valence-corrected chi connectivity index (χ4v) is 4.44. The summed E-state index contributed by atoms with van der Waals surface area (Å²) in [6, 6.07) is 14.1. The number of carboxylic acid groups (broad SMARTS) is 1. The average Bonchev–Trinajstić information content (AvgIpc) is 3.29. The van der Waals surface area contributed by atoms with Gasteiger partial charge in [0.1, 0.15) is 28.8 Å². The van der Waals surface area contributed by atoms with Crippen LogP contribution in [-0.2, 0) is 22.4 Å². The first-order valence-corrected chi connectivity index (χ1v) is 11.7. The highest BCUT2D eigenvalue weighted by molar-refractivity contribution is 6.02. The number of aromatic hydroxyl groups is 1. The summed E-state index contributed by atoms with van der Waals surface area (Å²) in [7, 11) is 0. The first-order valence-electron chi connectivity index (χ1n) is 11.7. The molecule has 2 aromatic heterocycles. The Bertz CT molecular complexity index is 1730. The summed E-state index contributed by atoms with van der Waals surface area (Å²) in [4.78, 5) is 37.3. The number of phenols is 1. The van der Waals surface area contributed by atoms with Gasteiger partial charge in [-0.15, -0.1) is 0 Å². The van der Waals surface area contributed by atoms with Gasteiger partial charge in [0.05, 0.1) is 18.2 Å². The zero-order valence-electron chi connectivity index (χ0n) is 20.2. The molecule has 2 heterocycles. The summed E-state index contributed by atoms with van der Waals surface area (Å²) in [5.74, 6) is -2.20. The topological polar surface area (TPSA) is 130 Å². The third-order valence-electron chi connectivity index (χ3n) is 6.48. The highest BCUT2D eigenvalue weighted by atomic mass is 19.1. The van der Waals surface area contributed by atoms with Crippen molar-refractivity contribution in [3.05, 3.63) is 99.9 Å². The Morgan fingerprint density at radius 1 is 1.00 bits per heavy atom. The van der Waals surface area contributed by atoms with Crippen LogP contribution in [0.2, 0.25) is 0 Å². The van der Waals surface area contributed by atoms with E-state index in [1.165, 1.54) is 24.3 Å². The summed E-state index contributed by atoms with van der Waals surface area (Å²) < 4.78 is 24.5. The molecule has 5 aromatic rings. The van der Waals surface area contributed by atoms with Crippen molar-refractivity contribution in [3.63, 3.8) is 0 Å². The predicted octanol–water partition coefficient (Wildman–Crippen LogP) is 4.71. The lowest BCUT2D eigenvalue weighted by Crippen LogP contribution is -2.43. The summed E-state index contributed by atoms with van der Waals surface area (Å²) in [6.45, 7) is 1.69. The number of carboxylic acids is 1. The van der Waals surface area contributed by atoms with Crippen LogP contribution >= 0.6 is 0 Å². The van der Waals surface area contributed by atoms with E-state index in [9.17, 15) is 29.0 Å². The van der Waals surface area contributed by atoms with E-state index < -0.39 is 23.5 Å². The summed E-state index contributed by atoms with van der Waals surface area (Å²) in [6.07, 6.45) is 1.16. The molecule has 192 valence electrons. The zero-order valence-corrected chi connectivity index (χ0v) is 20.2. The smallest absolute Gasteiger partial charge is 0.340 e. The van der Waals surface area contributed by atoms with Gasteiger partial charge in [0.25, 0.3) is 0 Å². The first-order chi connectivity index (χ1) is 18.2. The van der Waals surface area contributed by atoms with Crippen LogP contribution in [0.1, 0.15) is 16.7 Å². The van der Waals surface area contributed by atoms with Gasteiger partial charge in [-0.25, -0.2) is 14.0 Å². The normalized spacial score (nSPS) is 12.1. The van der Waals surface area contributed by atoms with Crippen molar-refractivity contribution in [2.24, 2.45) is 0 Å². The maximum atomic E-state index is 13.4. The standard InChI is InChI=1S/C29H22FNO7/c1-15-20-11-22-23(17-4-6-18(30)7-5-17)14-37-25(22)13-26(20)38-29(36)21(15)12-27(33)31-24(28(34)35)10-16-2-8-19(32)9-3-16/h2-9,11,13-14,24,32H,10,12H2,1H3,(H,31,33)(H,34,35). The van der Waals surface area contributed by atoms with Crippen molar-refractivity contribution in [2.45, 2.75) is 25.8 Å². The van der Waals surface area contributed by atoms with E-state index in [-0.39, 0.29) is 35.6 Å². The molecular weight excluding hydrogens is 493 g/mol. The number of benzene rings is 3. The van der Waals surface area contributed by atoms with E-state index >= 15 is 0 Å². The maximum absolute atomic E-state index is 13.4. The molecule has 0 aliphatic rings. The maximum Gasteiger partial charge on any atom is 0.340 e. The quantitative estimate of drug-likeness (QED) is 0.268. The summed E-state index contributed by atoms with van der Waals surface area (Å²) in [5.41, 5.74) is 2.75. The number of halogens is 1. The van der Waals surface area contributed by atoms with Crippen LogP contribution in [0.5, 0.6) is 5.75 Å². The second kappa shape index (κ2) is 9.85. The van der Waals surface area contributed by atoms with Gasteiger partial charge >= 0.3 is 11.6 Å². The molecule has 38 heavy (non-hydrogen) atoms. The number of fused-ring (bicyclic) bond motifs is 2. The molecule has 1 unspecified atom stereocenters. The van der Waals surface area contributed by atoms with Gasteiger partial charge in [-0.2, -0.15) is 0 Å². The Morgan fingerprint density at radius 3 is 2.39 bits per heavy atom. The number of aryl methyl sites for hydroxylation is 1. The Kier molecular flexibility index (Phi) is 6.42. The molecular formula is C29H22FNO7. The second-order valence-electron chi connectivity index (χ2n) is 9.00. The van der Waals surface area contributed by atoms with E-state index in [0.717, 1.165) is 16.5 Å². The molecule has 0 spiro atoms. The van der Waals surface area contributed by atoms with Crippen molar-refractivity contribution in [2.75, 3.05) is 0 Å². The predicted molar refractivity (Wildman–Crippen MR) is 137 cm³/mol. The lowest BCUT2D eigenvalue weighted by atomic mass is 9.99. The molecule has 0 saturated heterocycles. The highest BCUT2D eigenvalue weighted by Crippen LogP contribution is 2.34. The van der Waals surface area contributed by atoms with E-state index in [4.69, 9.17) is 8.83 Å². The average molecular weight is 515 g/mol. The van der Waals surface area contributed by atoms with Gasteiger partial charge < -0.3 is 24.4 Å². The number of hydrogen-bond acceptors (Lipinski definition) is 6. The Labute approximate surface area is 214 Å². The van der Waals surface area contributed by atoms with Gasteiger partial charge in [0.2, 0.25) is 5.91 Å². The molecule has 3 aromatic carbocycles. The van der Waals surface area contributed by atoms with Gasteiger partial charge in [-0.05, 0) is 53.9 Å². The largest absolute Gasteiger partial charge is 0.508 e. The molecule has 8 nitrogen and oxygen atoms in total. The van der Waals surface area contributed by atoms with E-state index in [1.807, 2.05) is 0 Å². The molecule has 9 heteroatoms. The van der Waals surface area contributed by atoms with Gasteiger partial charge in [0, 0.05) is 28.8 Å². The van der Waals surface area contributed by atoms with Crippen LogP contribution in [0.3, 0.4) is 0 Å². The minimum Gasteiger partial charge on any atom is -0.508 e. The van der Waals surface area contributed by atoms with Crippen LogP contribution in [0, 0.1) is 12.7 Å². The minimum absolute atomic E-state index is 0.00268. The number of nitrogens with one attached hydrogen (secondary N) is 1. The minimum atomic E-state index is -1.23. The molecule has 0 aliphatic carbocycles. The van der Waals surface area contributed by atoms with Gasteiger partial charge in [-0.3, -0.25) is 4.79 Å². The highest BCUT2D eigenvalue weighted by Gasteiger charge is 2.23. The molecule has 3 N–H and O–H groups in total. The van der Waals surface area contributed by atoms with Crippen LogP contribution in [0.4, 0.5) is 4.39 Å². The van der Waals surface area contributed by atoms with Crippen molar-refractivity contribution in [3.8, 4) is 16.9 Å². The molecule has 0 radical (unpaired) electrons. The van der Waals surface area contributed by atoms with Crippen molar-refractivity contribution in [1.29, 1.82) is 0 Å². The molecule has 0 bridgehead atoms. The van der Waals surface area contributed by atoms with Gasteiger partial charge in [-0.1, -0.05) is 24.3 Å². The lowest BCUT2D eigenvalue weighted by Gasteiger charge is -2.15. The monoisotopic (exact) mass is 515 g/mol. The van der Waals surface area contributed by atoms with Crippen molar-refractivity contribution >= 4 is 33.8 Å². The zero-order chi connectivity index (χ0) is 27.0. The van der Waals surface area contributed by atoms with Crippen LogP contribution in [0.25, 0.3) is 33.1 Å². The SMILES string of the molecule is Cc1c(CC(=O)NC(Cc2ccc(O)cc2)C(=O)O)c(=O)oc2cc3occ(-c4ccc(F)cc4)c3cc12. The molecule has 1 amide bonds. The number of hydrogen-bond donors (Lipinski definition) is 3. The molecule has 0 fully saturated rings. The second-order valence-corrected chi connectivity index (χ2v) is 9.00. The fourth-order valence-electron chi connectivity index (χ4n) is 4.44. The third kappa shape index (κ3) is 4.86. The van der Waals surface area contributed by atoms with E-state index in [2.05, 4.69) is 5.32 Å². The molecule has 1 atom stereocenters. The Hall–Kier alpha value is -4.92. The van der Waals surface area contributed by atoms with E-state index in [0.29, 0.717) is 22.1 Å². The number of rotatable bonds is 7. The molecule has 5 rings (SSSR count). The van der Waals surface area contributed by atoms with E-state index in [1.54, 1.807) is 49.6 Å². The Morgan fingerprint density at radius 2 is 1.71 bits per heavy atom. The first kappa shape index (κ1) is 24.8. The number of carbonyl (C=O) groups excluding carboxylic acids is 1. The number of amides is 1.